The van der Waals surface area contributed by atoms with E-state index in [0.717, 1.165) is 11.8 Å². The third-order valence-corrected chi connectivity index (χ3v) is 4.71. The molecule has 0 aromatic rings. The van der Waals surface area contributed by atoms with Crippen LogP contribution in [0, 0.1) is 17.8 Å². The number of methoxy groups -OCH3 is 1. The van der Waals surface area contributed by atoms with Crippen molar-refractivity contribution in [1.82, 2.24) is 5.32 Å². The first-order valence-corrected chi connectivity index (χ1v) is 6.96. The summed E-state index contributed by atoms with van der Waals surface area (Å²) in [5.74, 6) is 1.92. The van der Waals surface area contributed by atoms with Crippen LogP contribution in [0.25, 0.3) is 0 Å². The fourth-order valence-corrected chi connectivity index (χ4v) is 3.72. The molecule has 0 unspecified atom stereocenters. The lowest BCUT2D eigenvalue weighted by atomic mass is 9.83. The van der Waals surface area contributed by atoms with Crippen molar-refractivity contribution in [3.63, 3.8) is 0 Å². The minimum atomic E-state index is -1.43. The zero-order chi connectivity index (χ0) is 13.3. The molecule has 2 saturated carbocycles. The van der Waals surface area contributed by atoms with Crippen LogP contribution >= 0.6 is 0 Å². The van der Waals surface area contributed by atoms with Crippen molar-refractivity contribution < 1.29 is 14.6 Å². The van der Waals surface area contributed by atoms with Gasteiger partial charge in [0.05, 0.1) is 6.61 Å². The molecular weight excluding hydrogens is 230 g/mol. The van der Waals surface area contributed by atoms with Crippen LogP contribution in [-0.4, -0.2) is 36.4 Å². The van der Waals surface area contributed by atoms with Crippen molar-refractivity contribution in [3.8, 4) is 0 Å². The smallest absolute Gasteiger partial charge is 0.254 e. The lowest BCUT2D eigenvalue weighted by molar-refractivity contribution is -0.144. The van der Waals surface area contributed by atoms with Crippen molar-refractivity contribution in [3.05, 3.63) is 0 Å². The molecule has 0 radical (unpaired) electrons. The molecule has 0 spiro atoms. The predicted octanol–water partition coefficient (Wildman–Crippen LogP) is 1.32. The van der Waals surface area contributed by atoms with E-state index in [9.17, 15) is 9.90 Å². The van der Waals surface area contributed by atoms with Crippen LogP contribution in [0.2, 0.25) is 0 Å². The quantitative estimate of drug-likeness (QED) is 0.779. The Labute approximate surface area is 109 Å². The van der Waals surface area contributed by atoms with E-state index in [4.69, 9.17) is 4.74 Å². The Bertz CT molecular complexity index is 316. The molecule has 104 valence electrons. The van der Waals surface area contributed by atoms with Crippen LogP contribution in [0.15, 0.2) is 0 Å². The summed E-state index contributed by atoms with van der Waals surface area (Å²) in [5, 5.41) is 12.9. The maximum Gasteiger partial charge on any atom is 0.254 e. The average Bonchev–Trinajstić information content (AvgIpc) is 2.90. The third kappa shape index (κ3) is 2.69. The lowest BCUT2D eigenvalue weighted by Gasteiger charge is -2.31. The van der Waals surface area contributed by atoms with E-state index in [-0.39, 0.29) is 18.6 Å². The topological polar surface area (TPSA) is 58.6 Å². The van der Waals surface area contributed by atoms with Gasteiger partial charge in [0.1, 0.15) is 0 Å². The number of hydrogen-bond donors (Lipinski definition) is 2. The number of carbonyl (C=O) groups is 1. The Kier molecular flexibility index (Phi) is 3.97. The highest BCUT2D eigenvalue weighted by atomic mass is 16.5. The molecule has 4 heteroatoms. The van der Waals surface area contributed by atoms with E-state index in [1.54, 1.807) is 0 Å². The Balaban J connectivity index is 1.87. The zero-order valence-electron chi connectivity index (χ0n) is 11.6. The van der Waals surface area contributed by atoms with Gasteiger partial charge in [-0.3, -0.25) is 4.79 Å². The summed E-state index contributed by atoms with van der Waals surface area (Å²) in [6, 6.07) is 0.149. The Morgan fingerprint density at radius 2 is 2.22 bits per heavy atom. The van der Waals surface area contributed by atoms with Crippen LogP contribution in [-0.2, 0) is 9.53 Å². The Morgan fingerprint density at radius 1 is 1.50 bits per heavy atom. The number of hydrogen-bond acceptors (Lipinski definition) is 3. The van der Waals surface area contributed by atoms with Gasteiger partial charge in [-0.15, -0.1) is 0 Å². The first-order chi connectivity index (χ1) is 8.44. The number of aliphatic hydroxyl groups is 1. The highest BCUT2D eigenvalue weighted by Crippen LogP contribution is 2.49. The summed E-state index contributed by atoms with van der Waals surface area (Å²) in [4.78, 5) is 12.0. The Hall–Kier alpha value is -0.610. The first-order valence-electron chi connectivity index (χ1n) is 6.96. The highest BCUT2D eigenvalue weighted by Gasteiger charge is 2.43. The number of fused-ring (bicyclic) bond motifs is 2. The molecule has 0 aromatic carbocycles. The summed E-state index contributed by atoms with van der Waals surface area (Å²) in [6.07, 6.45) is 5.24. The maximum atomic E-state index is 12.0. The summed E-state index contributed by atoms with van der Waals surface area (Å²) in [7, 11) is 1.49. The van der Waals surface area contributed by atoms with E-state index >= 15 is 0 Å². The van der Waals surface area contributed by atoms with E-state index in [0.29, 0.717) is 5.92 Å². The van der Waals surface area contributed by atoms with Crippen LogP contribution in [0.1, 0.15) is 39.5 Å². The molecule has 0 aromatic heterocycles. The van der Waals surface area contributed by atoms with Gasteiger partial charge in [-0.1, -0.05) is 6.42 Å². The minimum Gasteiger partial charge on any atom is -0.381 e. The summed E-state index contributed by atoms with van der Waals surface area (Å²) >= 11 is 0. The van der Waals surface area contributed by atoms with Gasteiger partial charge in [0.2, 0.25) is 0 Å². The molecule has 2 aliphatic carbocycles. The van der Waals surface area contributed by atoms with Gasteiger partial charge in [0.25, 0.3) is 5.91 Å². The van der Waals surface area contributed by atoms with Crippen molar-refractivity contribution in [1.29, 1.82) is 0 Å². The molecule has 0 saturated heterocycles. The number of nitrogens with one attached hydrogen (secondary N) is 1. The third-order valence-electron chi connectivity index (χ3n) is 4.71. The molecule has 1 amide bonds. The lowest BCUT2D eigenvalue weighted by Crippen LogP contribution is -2.52. The number of carbonyl (C=O) groups excluding carboxylic acids is 1. The van der Waals surface area contributed by atoms with Crippen molar-refractivity contribution >= 4 is 5.91 Å². The largest absolute Gasteiger partial charge is 0.381 e. The molecule has 2 N–H and O–H groups in total. The van der Waals surface area contributed by atoms with Gasteiger partial charge in [0.15, 0.2) is 5.60 Å². The van der Waals surface area contributed by atoms with Crippen LogP contribution < -0.4 is 5.32 Å². The van der Waals surface area contributed by atoms with Gasteiger partial charge >= 0.3 is 0 Å². The minimum absolute atomic E-state index is 0.0300. The number of rotatable bonds is 5. The average molecular weight is 255 g/mol. The maximum absolute atomic E-state index is 12.0. The second-order valence-corrected chi connectivity index (χ2v) is 6.31. The van der Waals surface area contributed by atoms with Gasteiger partial charge in [-0.25, -0.2) is 0 Å². The van der Waals surface area contributed by atoms with E-state index in [1.807, 2.05) is 0 Å². The standard InChI is InChI=1S/C14H25NO3/c1-9(12-7-10-4-5-11(12)6-10)15-13(16)14(2,17)8-18-3/h9-12,17H,4-8H2,1-3H3,(H,15,16)/t9-,10-,11-,12-,14-/m0/s1. The van der Waals surface area contributed by atoms with Crippen molar-refractivity contribution in [2.75, 3.05) is 13.7 Å². The molecule has 2 aliphatic rings. The molecule has 18 heavy (non-hydrogen) atoms. The molecule has 2 bridgehead atoms. The van der Waals surface area contributed by atoms with Gasteiger partial charge in [-0.2, -0.15) is 0 Å². The molecule has 5 atom stereocenters. The molecule has 0 heterocycles. The predicted molar refractivity (Wildman–Crippen MR) is 69.0 cm³/mol. The van der Waals surface area contributed by atoms with E-state index in [2.05, 4.69) is 12.2 Å². The second kappa shape index (κ2) is 5.17. The van der Waals surface area contributed by atoms with Gasteiger partial charge < -0.3 is 15.2 Å². The van der Waals surface area contributed by atoms with E-state index < -0.39 is 5.60 Å². The van der Waals surface area contributed by atoms with Crippen molar-refractivity contribution in [2.24, 2.45) is 17.8 Å². The second-order valence-electron chi connectivity index (χ2n) is 6.31. The number of ether oxygens (including phenoxy) is 1. The fraction of sp³-hybridized carbons (Fsp3) is 0.929. The molecule has 0 aliphatic heterocycles. The zero-order valence-corrected chi connectivity index (χ0v) is 11.6. The SMILES string of the molecule is COC[C@](C)(O)C(=O)N[C@@H](C)[C@@H]1C[C@H]2CC[C@H]1C2. The molecular formula is C14H25NO3. The van der Waals surface area contributed by atoms with Crippen LogP contribution in [0.5, 0.6) is 0 Å². The first kappa shape index (κ1) is 13.8. The molecule has 2 fully saturated rings. The van der Waals surface area contributed by atoms with E-state index in [1.165, 1.54) is 39.7 Å². The van der Waals surface area contributed by atoms with Gasteiger partial charge in [0, 0.05) is 13.2 Å². The fourth-order valence-electron chi connectivity index (χ4n) is 3.72. The normalized spacial score (nSPS) is 35.2. The Morgan fingerprint density at radius 3 is 2.72 bits per heavy atom. The summed E-state index contributed by atoms with van der Waals surface area (Å²) in [5.41, 5.74) is -1.43. The monoisotopic (exact) mass is 255 g/mol. The number of amides is 1. The highest BCUT2D eigenvalue weighted by molar-refractivity contribution is 5.84. The van der Waals surface area contributed by atoms with Gasteiger partial charge in [-0.05, 0) is 50.9 Å². The molecule has 2 rings (SSSR count). The van der Waals surface area contributed by atoms with Crippen molar-refractivity contribution in [2.45, 2.75) is 51.2 Å². The van der Waals surface area contributed by atoms with Crippen LogP contribution in [0.4, 0.5) is 0 Å². The molecule has 4 nitrogen and oxygen atoms in total. The summed E-state index contributed by atoms with van der Waals surface area (Å²) < 4.78 is 4.87. The van der Waals surface area contributed by atoms with Crippen LogP contribution in [0.3, 0.4) is 0 Å². The summed E-state index contributed by atoms with van der Waals surface area (Å²) in [6.45, 7) is 3.59.